The van der Waals surface area contributed by atoms with Crippen molar-refractivity contribution in [1.29, 1.82) is 0 Å². The van der Waals surface area contributed by atoms with E-state index in [2.05, 4.69) is 5.32 Å². The molecular weight excluding hydrogens is 245 g/mol. The van der Waals surface area contributed by atoms with Crippen molar-refractivity contribution in [1.82, 2.24) is 10.2 Å². The zero-order valence-electron chi connectivity index (χ0n) is 9.17. The van der Waals surface area contributed by atoms with E-state index in [4.69, 9.17) is 0 Å². The number of hydrogen-bond acceptors (Lipinski definition) is 2. The van der Waals surface area contributed by atoms with Gasteiger partial charge in [0.05, 0.1) is 0 Å². The molecule has 0 aliphatic carbocycles. The van der Waals surface area contributed by atoms with Gasteiger partial charge in [-0.05, 0) is 20.4 Å². The number of amides is 1. The molecule has 0 bridgehead atoms. The molecule has 1 rings (SSSR count). The van der Waals surface area contributed by atoms with E-state index in [1.807, 2.05) is 0 Å². The predicted molar refractivity (Wildman–Crippen MR) is 56.5 cm³/mol. The van der Waals surface area contributed by atoms with Crippen molar-refractivity contribution < 1.29 is 18.0 Å². The van der Waals surface area contributed by atoms with Crippen LogP contribution in [0.2, 0.25) is 0 Å². The topological polar surface area (TPSA) is 32.3 Å². The summed E-state index contributed by atoms with van der Waals surface area (Å²) in [5.74, 6) is -2.71. The zero-order valence-corrected chi connectivity index (χ0v) is 9.99. The van der Waals surface area contributed by atoms with Crippen molar-refractivity contribution in [3.05, 3.63) is 0 Å². The lowest BCUT2D eigenvalue weighted by Crippen LogP contribution is -2.41. The van der Waals surface area contributed by atoms with Gasteiger partial charge in [0.15, 0.2) is 0 Å². The molecule has 1 amide bonds. The predicted octanol–water partition coefficient (Wildman–Crippen LogP) is 1.43. The van der Waals surface area contributed by atoms with Crippen molar-refractivity contribution in [2.45, 2.75) is 25.6 Å². The maximum atomic E-state index is 12.3. The smallest absolute Gasteiger partial charge is 0.341 e. The molecule has 1 aliphatic heterocycles. The Morgan fingerprint density at radius 2 is 2.06 bits per heavy atom. The van der Waals surface area contributed by atoms with Crippen molar-refractivity contribution in [3.63, 3.8) is 0 Å². The number of nitrogens with zero attached hydrogens (tertiary/aromatic N) is 1. The van der Waals surface area contributed by atoms with Crippen LogP contribution in [0.4, 0.5) is 13.2 Å². The van der Waals surface area contributed by atoms with Crippen LogP contribution in [0.1, 0.15) is 13.3 Å². The van der Waals surface area contributed by atoms with Crippen LogP contribution >= 0.6 is 12.4 Å². The second-order valence-corrected chi connectivity index (χ2v) is 3.82. The first-order valence-electron chi connectivity index (χ1n) is 4.89. The molecule has 1 heterocycles. The number of likely N-dealkylation sites (tertiary alicyclic amines) is 1. The summed E-state index contributed by atoms with van der Waals surface area (Å²) in [4.78, 5) is 12.7. The van der Waals surface area contributed by atoms with Gasteiger partial charge < -0.3 is 10.2 Å². The number of halogens is 4. The maximum Gasteiger partial charge on any atom is 0.400 e. The molecule has 0 radical (unpaired) electrons. The Morgan fingerprint density at radius 3 is 2.44 bits per heavy atom. The zero-order chi connectivity index (χ0) is 11.6. The quantitative estimate of drug-likeness (QED) is 0.815. The summed E-state index contributed by atoms with van der Waals surface area (Å²) in [6.07, 6.45) is -3.72. The third-order valence-electron chi connectivity index (χ3n) is 2.77. The standard InChI is InChI=1S/C9H15F3N2O.ClH/c1-6(9(10,11)12)8(15)14-4-3-7(5-14)13-2;/h6-7,13H,3-5H2,1-2H3;1H. The van der Waals surface area contributed by atoms with E-state index in [0.717, 1.165) is 6.92 Å². The first-order chi connectivity index (χ1) is 6.86. The van der Waals surface area contributed by atoms with Gasteiger partial charge in [-0.15, -0.1) is 12.4 Å². The van der Waals surface area contributed by atoms with Crippen molar-refractivity contribution in [3.8, 4) is 0 Å². The fourth-order valence-corrected chi connectivity index (χ4v) is 1.61. The molecule has 16 heavy (non-hydrogen) atoms. The third kappa shape index (κ3) is 3.52. The van der Waals surface area contributed by atoms with Gasteiger partial charge in [0.1, 0.15) is 5.92 Å². The number of hydrogen-bond donors (Lipinski definition) is 1. The van der Waals surface area contributed by atoms with Crippen LogP contribution in [-0.4, -0.2) is 43.2 Å². The van der Waals surface area contributed by atoms with Crippen LogP contribution < -0.4 is 5.32 Å². The van der Waals surface area contributed by atoms with Crippen LogP contribution in [0.15, 0.2) is 0 Å². The van der Waals surface area contributed by atoms with Crippen LogP contribution in [-0.2, 0) is 4.79 Å². The largest absolute Gasteiger partial charge is 0.400 e. The summed E-state index contributed by atoms with van der Waals surface area (Å²) < 4.78 is 36.8. The summed E-state index contributed by atoms with van der Waals surface area (Å²) in [5, 5.41) is 2.95. The number of carbonyl (C=O) groups is 1. The Morgan fingerprint density at radius 1 is 1.50 bits per heavy atom. The lowest BCUT2D eigenvalue weighted by Gasteiger charge is -2.22. The van der Waals surface area contributed by atoms with E-state index in [1.165, 1.54) is 4.90 Å². The van der Waals surface area contributed by atoms with Gasteiger partial charge in [0.25, 0.3) is 0 Å². The number of rotatable bonds is 2. The van der Waals surface area contributed by atoms with E-state index in [1.54, 1.807) is 7.05 Å². The molecule has 0 saturated carbocycles. The highest BCUT2D eigenvalue weighted by Crippen LogP contribution is 2.28. The summed E-state index contributed by atoms with van der Waals surface area (Å²) in [6.45, 7) is 1.69. The Balaban J connectivity index is 0.00000225. The van der Waals surface area contributed by atoms with E-state index in [-0.39, 0.29) is 18.4 Å². The molecule has 1 saturated heterocycles. The first-order valence-corrected chi connectivity index (χ1v) is 4.89. The number of nitrogens with one attached hydrogen (secondary N) is 1. The van der Waals surface area contributed by atoms with E-state index < -0.39 is 18.0 Å². The highest BCUT2D eigenvalue weighted by Gasteiger charge is 2.44. The number of likely N-dealkylation sites (N-methyl/N-ethyl adjacent to an activating group) is 1. The fraction of sp³-hybridized carbons (Fsp3) is 0.889. The Kier molecular flexibility index (Phi) is 5.55. The van der Waals surface area contributed by atoms with Gasteiger partial charge in [-0.25, -0.2) is 0 Å². The monoisotopic (exact) mass is 260 g/mol. The molecule has 1 N–H and O–H groups in total. The van der Waals surface area contributed by atoms with Crippen LogP contribution in [0.3, 0.4) is 0 Å². The lowest BCUT2D eigenvalue weighted by molar-refractivity contribution is -0.184. The fourth-order valence-electron chi connectivity index (χ4n) is 1.61. The summed E-state index contributed by atoms with van der Waals surface area (Å²) in [7, 11) is 1.74. The molecule has 7 heteroatoms. The summed E-state index contributed by atoms with van der Waals surface area (Å²) in [5.41, 5.74) is 0. The molecule has 0 aromatic heterocycles. The molecular formula is C9H16ClF3N2O. The molecule has 2 unspecified atom stereocenters. The van der Waals surface area contributed by atoms with Gasteiger partial charge >= 0.3 is 6.18 Å². The normalized spacial score (nSPS) is 22.8. The average molecular weight is 261 g/mol. The van der Waals surface area contributed by atoms with Crippen molar-refractivity contribution in [2.75, 3.05) is 20.1 Å². The molecule has 1 fully saturated rings. The molecule has 0 aromatic rings. The summed E-state index contributed by atoms with van der Waals surface area (Å²) >= 11 is 0. The highest BCUT2D eigenvalue weighted by atomic mass is 35.5. The molecule has 1 aliphatic rings. The van der Waals surface area contributed by atoms with E-state index in [9.17, 15) is 18.0 Å². The second kappa shape index (κ2) is 5.72. The minimum absolute atomic E-state index is 0. The van der Waals surface area contributed by atoms with Gasteiger partial charge in [0, 0.05) is 19.1 Å². The van der Waals surface area contributed by atoms with Gasteiger partial charge in [0.2, 0.25) is 5.91 Å². The highest BCUT2D eigenvalue weighted by molar-refractivity contribution is 5.85. The van der Waals surface area contributed by atoms with Crippen molar-refractivity contribution >= 4 is 18.3 Å². The molecule has 2 atom stereocenters. The Labute approximate surface area is 98.8 Å². The van der Waals surface area contributed by atoms with Crippen LogP contribution in [0.5, 0.6) is 0 Å². The summed E-state index contributed by atoms with van der Waals surface area (Å²) in [6, 6.07) is 0.120. The minimum Gasteiger partial charge on any atom is -0.341 e. The third-order valence-corrected chi connectivity index (χ3v) is 2.77. The second-order valence-electron chi connectivity index (χ2n) is 3.82. The van der Waals surface area contributed by atoms with Crippen molar-refractivity contribution in [2.24, 2.45) is 5.92 Å². The van der Waals surface area contributed by atoms with Gasteiger partial charge in [-0.1, -0.05) is 0 Å². The van der Waals surface area contributed by atoms with Crippen LogP contribution in [0.25, 0.3) is 0 Å². The lowest BCUT2D eigenvalue weighted by atomic mass is 10.1. The Bertz CT molecular complexity index is 247. The number of alkyl halides is 3. The Hall–Kier alpha value is -0.490. The molecule has 0 aromatic carbocycles. The average Bonchev–Trinajstić information content (AvgIpc) is 2.62. The number of carbonyl (C=O) groups excluding carboxylic acids is 1. The molecule has 3 nitrogen and oxygen atoms in total. The van der Waals surface area contributed by atoms with Gasteiger partial charge in [-0.2, -0.15) is 13.2 Å². The van der Waals surface area contributed by atoms with Gasteiger partial charge in [-0.3, -0.25) is 4.79 Å². The van der Waals surface area contributed by atoms with Crippen LogP contribution in [0, 0.1) is 5.92 Å². The SMILES string of the molecule is CNC1CCN(C(=O)C(C)C(F)(F)F)C1.Cl. The molecule has 0 spiro atoms. The van der Waals surface area contributed by atoms with E-state index >= 15 is 0 Å². The minimum atomic E-state index is -4.44. The molecule has 96 valence electrons. The first kappa shape index (κ1) is 15.5. The maximum absolute atomic E-state index is 12.3. The van der Waals surface area contributed by atoms with E-state index in [0.29, 0.717) is 19.5 Å².